The maximum Gasteiger partial charge on any atom is 0.339 e. The van der Waals surface area contributed by atoms with E-state index < -0.39 is 5.97 Å². The zero-order valence-electron chi connectivity index (χ0n) is 12.3. The van der Waals surface area contributed by atoms with Crippen molar-refractivity contribution in [1.82, 2.24) is 4.90 Å². The van der Waals surface area contributed by atoms with Crippen molar-refractivity contribution in [2.24, 2.45) is 11.8 Å². The second-order valence-corrected chi connectivity index (χ2v) is 6.96. The lowest BCUT2D eigenvalue weighted by molar-refractivity contribution is -0.137. The smallest absolute Gasteiger partial charge is 0.339 e. The van der Waals surface area contributed by atoms with E-state index in [9.17, 15) is 9.59 Å². The molecular weight excluding hydrogens is 381 g/mol. The topological polar surface area (TPSA) is 46.6 Å². The molecule has 1 amide bonds. The highest BCUT2D eigenvalue weighted by Gasteiger charge is 2.26. The monoisotopic (exact) mass is 401 g/mol. The van der Waals surface area contributed by atoms with Crippen LogP contribution in [0.25, 0.3) is 0 Å². The van der Waals surface area contributed by atoms with E-state index >= 15 is 0 Å². The molecule has 0 bridgehead atoms. The fourth-order valence-corrected chi connectivity index (χ4v) is 3.40. The third kappa shape index (κ3) is 4.43. The summed E-state index contributed by atoms with van der Waals surface area (Å²) in [4.78, 5) is 25.9. The third-order valence-corrected chi connectivity index (χ3v) is 4.58. The molecule has 1 aliphatic heterocycles. The molecule has 0 N–H and O–H groups in total. The Labute approximate surface area is 139 Å². The number of hydrogen-bond acceptors (Lipinski definition) is 3. The van der Waals surface area contributed by atoms with Gasteiger partial charge in [0, 0.05) is 16.7 Å². The lowest BCUT2D eigenvalue weighted by atomic mass is 9.92. The number of esters is 1. The highest BCUT2D eigenvalue weighted by molar-refractivity contribution is 14.1. The minimum absolute atomic E-state index is 0.104. The lowest BCUT2D eigenvalue weighted by Crippen LogP contribution is -2.44. The normalized spacial score (nSPS) is 22.0. The van der Waals surface area contributed by atoms with Crippen molar-refractivity contribution in [3.63, 3.8) is 0 Å². The fraction of sp³-hybridized carbons (Fsp3) is 0.500. The summed E-state index contributed by atoms with van der Waals surface area (Å²) in [6.07, 6.45) is 1.14. The number of piperidine rings is 1. The predicted octanol–water partition coefficient (Wildman–Crippen LogP) is 2.95. The van der Waals surface area contributed by atoms with Crippen LogP contribution in [0.5, 0.6) is 0 Å². The maximum atomic E-state index is 12.2. The predicted molar refractivity (Wildman–Crippen MR) is 89.0 cm³/mol. The van der Waals surface area contributed by atoms with Crippen LogP contribution >= 0.6 is 22.6 Å². The van der Waals surface area contributed by atoms with E-state index in [0.717, 1.165) is 23.1 Å². The van der Waals surface area contributed by atoms with Crippen molar-refractivity contribution < 1.29 is 14.3 Å². The van der Waals surface area contributed by atoms with Crippen LogP contribution in [0.3, 0.4) is 0 Å². The van der Waals surface area contributed by atoms with Gasteiger partial charge in [-0.2, -0.15) is 0 Å². The zero-order valence-corrected chi connectivity index (χ0v) is 14.5. The summed E-state index contributed by atoms with van der Waals surface area (Å²) in [6, 6.07) is 7.20. The number of nitrogens with zero attached hydrogens (tertiary/aromatic N) is 1. The number of ether oxygens (including phenoxy) is 1. The van der Waals surface area contributed by atoms with Gasteiger partial charge in [-0.1, -0.05) is 26.0 Å². The van der Waals surface area contributed by atoms with E-state index in [2.05, 4.69) is 36.4 Å². The molecule has 1 heterocycles. The molecule has 0 spiro atoms. The fourth-order valence-electron chi connectivity index (χ4n) is 2.79. The van der Waals surface area contributed by atoms with Crippen LogP contribution in [-0.4, -0.2) is 36.5 Å². The van der Waals surface area contributed by atoms with Gasteiger partial charge in [0.25, 0.3) is 5.91 Å². The summed E-state index contributed by atoms with van der Waals surface area (Å²) in [6.45, 7) is 5.62. The number of rotatable bonds is 3. The average molecular weight is 401 g/mol. The molecule has 114 valence electrons. The lowest BCUT2D eigenvalue weighted by Gasteiger charge is -2.34. The molecule has 1 aromatic rings. The minimum Gasteiger partial charge on any atom is -0.452 e. The van der Waals surface area contributed by atoms with Crippen molar-refractivity contribution in [3.05, 3.63) is 33.4 Å². The van der Waals surface area contributed by atoms with Crippen LogP contribution in [0, 0.1) is 15.4 Å². The summed E-state index contributed by atoms with van der Waals surface area (Å²) in [5.41, 5.74) is 0.506. The van der Waals surface area contributed by atoms with Crippen molar-refractivity contribution >= 4 is 34.5 Å². The molecule has 2 rings (SSSR count). The van der Waals surface area contributed by atoms with E-state index in [1.54, 1.807) is 12.1 Å². The van der Waals surface area contributed by atoms with Crippen LogP contribution in [-0.2, 0) is 9.53 Å². The van der Waals surface area contributed by atoms with Crippen LogP contribution in [0.2, 0.25) is 0 Å². The number of likely N-dealkylation sites (tertiary alicyclic amines) is 1. The molecule has 1 fully saturated rings. The van der Waals surface area contributed by atoms with Gasteiger partial charge in [0.1, 0.15) is 0 Å². The molecule has 0 aliphatic carbocycles. The molecule has 0 saturated carbocycles. The van der Waals surface area contributed by atoms with E-state index in [-0.39, 0.29) is 12.5 Å². The van der Waals surface area contributed by atoms with Gasteiger partial charge in [-0.25, -0.2) is 4.79 Å². The standard InChI is InChI=1S/C16H20INO3/c1-11-7-12(2)9-18(8-11)15(19)10-21-16(20)13-5-3-4-6-14(13)17/h3-6,11-12H,7-10H2,1-2H3. The van der Waals surface area contributed by atoms with E-state index in [1.807, 2.05) is 17.0 Å². The first-order chi connectivity index (χ1) is 9.97. The first-order valence-electron chi connectivity index (χ1n) is 7.16. The Hall–Kier alpha value is -1.11. The molecule has 0 radical (unpaired) electrons. The highest BCUT2D eigenvalue weighted by Crippen LogP contribution is 2.21. The quantitative estimate of drug-likeness (QED) is 0.578. The Morgan fingerprint density at radius 3 is 2.48 bits per heavy atom. The molecular formula is C16H20INO3. The number of amides is 1. The molecule has 1 aromatic carbocycles. The molecule has 2 unspecified atom stereocenters. The Morgan fingerprint density at radius 1 is 1.24 bits per heavy atom. The van der Waals surface area contributed by atoms with Crippen LogP contribution in [0.4, 0.5) is 0 Å². The second-order valence-electron chi connectivity index (χ2n) is 5.80. The second kappa shape index (κ2) is 7.24. The third-order valence-electron chi connectivity index (χ3n) is 3.64. The maximum absolute atomic E-state index is 12.2. The number of halogens is 1. The van der Waals surface area contributed by atoms with E-state index in [0.29, 0.717) is 17.4 Å². The Morgan fingerprint density at radius 2 is 1.86 bits per heavy atom. The van der Waals surface area contributed by atoms with Crippen LogP contribution in [0.15, 0.2) is 24.3 Å². The van der Waals surface area contributed by atoms with Crippen LogP contribution in [0.1, 0.15) is 30.6 Å². The molecule has 5 heteroatoms. The van der Waals surface area contributed by atoms with Gasteiger partial charge < -0.3 is 9.64 Å². The minimum atomic E-state index is -0.438. The van der Waals surface area contributed by atoms with Gasteiger partial charge >= 0.3 is 5.97 Å². The van der Waals surface area contributed by atoms with Crippen molar-refractivity contribution in [1.29, 1.82) is 0 Å². The first kappa shape index (κ1) is 16.3. The Bertz CT molecular complexity index is 522. The first-order valence-corrected chi connectivity index (χ1v) is 8.24. The van der Waals surface area contributed by atoms with E-state index in [1.165, 1.54) is 0 Å². The number of carbonyl (C=O) groups is 2. The largest absolute Gasteiger partial charge is 0.452 e. The molecule has 1 aliphatic rings. The Balaban J connectivity index is 1.89. The highest BCUT2D eigenvalue weighted by atomic mass is 127. The molecule has 4 nitrogen and oxygen atoms in total. The Kier molecular flexibility index (Phi) is 5.61. The van der Waals surface area contributed by atoms with Gasteiger partial charge in [0.05, 0.1) is 5.56 Å². The number of carbonyl (C=O) groups excluding carboxylic acids is 2. The summed E-state index contributed by atoms with van der Waals surface area (Å²) in [5, 5.41) is 0. The molecule has 21 heavy (non-hydrogen) atoms. The summed E-state index contributed by atoms with van der Waals surface area (Å²) in [5.74, 6) is 0.464. The summed E-state index contributed by atoms with van der Waals surface area (Å²) >= 11 is 2.09. The van der Waals surface area contributed by atoms with Gasteiger partial charge in [-0.3, -0.25) is 4.79 Å². The molecule has 2 atom stereocenters. The number of benzene rings is 1. The van der Waals surface area contributed by atoms with Gasteiger partial charge in [-0.05, 0) is 53.0 Å². The molecule has 0 aromatic heterocycles. The van der Waals surface area contributed by atoms with Gasteiger partial charge in [0.2, 0.25) is 0 Å². The molecule has 1 saturated heterocycles. The summed E-state index contributed by atoms with van der Waals surface area (Å²) in [7, 11) is 0. The number of hydrogen-bond donors (Lipinski definition) is 0. The van der Waals surface area contributed by atoms with Gasteiger partial charge in [-0.15, -0.1) is 0 Å². The zero-order chi connectivity index (χ0) is 15.4. The SMILES string of the molecule is CC1CC(C)CN(C(=O)COC(=O)c2ccccc2I)C1. The summed E-state index contributed by atoms with van der Waals surface area (Å²) < 4.78 is 5.99. The van der Waals surface area contributed by atoms with Crippen molar-refractivity contribution in [2.75, 3.05) is 19.7 Å². The average Bonchev–Trinajstić information content (AvgIpc) is 2.43. The van der Waals surface area contributed by atoms with E-state index in [4.69, 9.17) is 4.74 Å². The van der Waals surface area contributed by atoms with Crippen molar-refractivity contribution in [2.45, 2.75) is 20.3 Å². The van der Waals surface area contributed by atoms with Gasteiger partial charge in [0.15, 0.2) is 6.61 Å². The van der Waals surface area contributed by atoms with Crippen molar-refractivity contribution in [3.8, 4) is 0 Å². The van der Waals surface area contributed by atoms with Crippen LogP contribution < -0.4 is 0 Å².